The Bertz CT molecular complexity index is 717. The Labute approximate surface area is 145 Å². The summed E-state index contributed by atoms with van der Waals surface area (Å²) >= 11 is 4.78. The maximum atomic E-state index is 12.0. The first-order valence-electron chi connectivity index (χ1n) is 6.60. The summed E-state index contributed by atoms with van der Waals surface area (Å²) in [5.74, 6) is 0.171. The van der Waals surface area contributed by atoms with Crippen molar-refractivity contribution in [1.82, 2.24) is 5.32 Å². The molecule has 6 nitrogen and oxygen atoms in total. The number of methoxy groups -OCH3 is 1. The number of carbonyl (C=O) groups is 2. The molecule has 3 N–H and O–H groups in total. The number of rotatable bonds is 7. The Morgan fingerprint density at radius 3 is 2.70 bits per heavy atom. The molecule has 0 radical (unpaired) electrons. The van der Waals surface area contributed by atoms with Gasteiger partial charge in [0.15, 0.2) is 18.1 Å². The van der Waals surface area contributed by atoms with E-state index in [0.717, 1.165) is 9.35 Å². The summed E-state index contributed by atoms with van der Waals surface area (Å²) in [6.07, 6.45) is 0. The minimum Gasteiger partial charge on any atom is -0.493 e. The zero-order chi connectivity index (χ0) is 16.8. The average Bonchev–Trinajstić information content (AvgIpc) is 2.97. The molecule has 0 saturated heterocycles. The van der Waals surface area contributed by atoms with Crippen molar-refractivity contribution in [1.29, 1.82) is 0 Å². The monoisotopic (exact) mass is 398 g/mol. The van der Waals surface area contributed by atoms with Crippen LogP contribution < -0.4 is 20.5 Å². The average molecular weight is 399 g/mol. The van der Waals surface area contributed by atoms with Gasteiger partial charge in [0.05, 0.1) is 16.5 Å². The van der Waals surface area contributed by atoms with Crippen molar-refractivity contribution in [3.63, 3.8) is 0 Å². The van der Waals surface area contributed by atoms with Crippen LogP contribution in [0.2, 0.25) is 0 Å². The van der Waals surface area contributed by atoms with Gasteiger partial charge in [-0.3, -0.25) is 9.59 Å². The van der Waals surface area contributed by atoms with E-state index in [-0.39, 0.29) is 12.5 Å². The SMILES string of the molecule is COc1cc(CNC(=O)c2csc(Br)c2)ccc1OCC(N)=O. The molecule has 122 valence electrons. The predicted octanol–water partition coefficient (Wildman–Crippen LogP) is 2.31. The summed E-state index contributed by atoms with van der Waals surface area (Å²) in [5, 5.41) is 4.60. The first-order chi connectivity index (χ1) is 11.0. The highest BCUT2D eigenvalue weighted by Crippen LogP contribution is 2.28. The van der Waals surface area contributed by atoms with Crippen LogP contribution >= 0.6 is 27.3 Å². The van der Waals surface area contributed by atoms with Gasteiger partial charge in [-0.05, 0) is 39.7 Å². The second-order valence-electron chi connectivity index (χ2n) is 4.56. The van der Waals surface area contributed by atoms with Gasteiger partial charge < -0.3 is 20.5 Å². The second-order valence-corrected chi connectivity index (χ2v) is 6.85. The van der Waals surface area contributed by atoms with Crippen LogP contribution in [0, 0.1) is 0 Å². The fourth-order valence-corrected chi connectivity index (χ4v) is 2.94. The molecule has 1 heterocycles. The lowest BCUT2D eigenvalue weighted by Crippen LogP contribution is -2.22. The van der Waals surface area contributed by atoms with Gasteiger partial charge in [0, 0.05) is 11.9 Å². The fraction of sp³-hybridized carbons (Fsp3) is 0.200. The van der Waals surface area contributed by atoms with Gasteiger partial charge in [0.1, 0.15) is 0 Å². The Balaban J connectivity index is 2.00. The number of hydrogen-bond acceptors (Lipinski definition) is 5. The Kier molecular flexibility index (Phi) is 6.00. The number of amides is 2. The van der Waals surface area contributed by atoms with Crippen LogP contribution in [0.1, 0.15) is 15.9 Å². The molecule has 8 heteroatoms. The lowest BCUT2D eigenvalue weighted by Gasteiger charge is -2.11. The quantitative estimate of drug-likeness (QED) is 0.748. The van der Waals surface area contributed by atoms with Gasteiger partial charge in [-0.15, -0.1) is 11.3 Å². The van der Waals surface area contributed by atoms with Crippen molar-refractivity contribution in [2.75, 3.05) is 13.7 Å². The molecule has 2 rings (SSSR count). The van der Waals surface area contributed by atoms with E-state index in [1.54, 1.807) is 29.6 Å². The number of nitrogens with two attached hydrogens (primary N) is 1. The maximum absolute atomic E-state index is 12.0. The smallest absolute Gasteiger partial charge is 0.255 e. The number of nitrogens with one attached hydrogen (secondary N) is 1. The number of halogens is 1. The van der Waals surface area contributed by atoms with Crippen LogP contribution in [0.5, 0.6) is 11.5 Å². The maximum Gasteiger partial charge on any atom is 0.255 e. The molecule has 0 atom stereocenters. The minimum absolute atomic E-state index is 0.153. The zero-order valence-electron chi connectivity index (χ0n) is 12.3. The minimum atomic E-state index is -0.565. The Morgan fingerprint density at radius 2 is 2.09 bits per heavy atom. The molecule has 0 aliphatic rings. The topological polar surface area (TPSA) is 90.7 Å². The molecule has 2 aromatic rings. The summed E-state index contributed by atoms with van der Waals surface area (Å²) in [7, 11) is 1.50. The second kappa shape index (κ2) is 7.98. The van der Waals surface area contributed by atoms with Crippen LogP contribution in [-0.2, 0) is 11.3 Å². The highest BCUT2D eigenvalue weighted by atomic mass is 79.9. The molecule has 0 bridgehead atoms. The van der Waals surface area contributed by atoms with Crippen molar-refractivity contribution < 1.29 is 19.1 Å². The summed E-state index contributed by atoms with van der Waals surface area (Å²) in [4.78, 5) is 22.8. The van der Waals surface area contributed by atoms with E-state index in [2.05, 4.69) is 21.2 Å². The van der Waals surface area contributed by atoms with E-state index in [0.29, 0.717) is 23.6 Å². The van der Waals surface area contributed by atoms with Gasteiger partial charge in [-0.1, -0.05) is 6.07 Å². The molecule has 0 aliphatic heterocycles. The normalized spacial score (nSPS) is 10.2. The summed E-state index contributed by atoms with van der Waals surface area (Å²) in [6, 6.07) is 6.95. The number of carbonyl (C=O) groups excluding carboxylic acids is 2. The van der Waals surface area contributed by atoms with Crippen molar-refractivity contribution in [2.45, 2.75) is 6.54 Å². The lowest BCUT2D eigenvalue weighted by atomic mass is 10.2. The molecular formula is C15H15BrN2O4S. The van der Waals surface area contributed by atoms with Crippen molar-refractivity contribution in [3.05, 3.63) is 44.6 Å². The molecule has 23 heavy (non-hydrogen) atoms. The molecule has 0 fully saturated rings. The largest absolute Gasteiger partial charge is 0.493 e. The summed E-state index contributed by atoms with van der Waals surface area (Å²) in [6.45, 7) is 0.123. The van der Waals surface area contributed by atoms with E-state index in [9.17, 15) is 9.59 Å². The van der Waals surface area contributed by atoms with Crippen molar-refractivity contribution in [2.24, 2.45) is 5.73 Å². The standard InChI is InChI=1S/C15H15BrN2O4S/c1-21-12-4-9(2-3-11(12)22-7-14(17)19)6-18-15(20)10-5-13(16)23-8-10/h2-5,8H,6-7H2,1H3,(H2,17,19)(H,18,20). The van der Waals surface area contributed by atoms with Crippen LogP contribution in [0.25, 0.3) is 0 Å². The third kappa shape index (κ3) is 4.97. The molecule has 1 aromatic carbocycles. The van der Waals surface area contributed by atoms with E-state index in [4.69, 9.17) is 15.2 Å². The zero-order valence-corrected chi connectivity index (χ0v) is 14.7. The fourth-order valence-electron chi connectivity index (χ4n) is 1.80. The predicted molar refractivity (Wildman–Crippen MR) is 90.9 cm³/mol. The van der Waals surface area contributed by atoms with Crippen molar-refractivity contribution >= 4 is 39.1 Å². The third-order valence-corrected chi connectivity index (χ3v) is 4.39. The molecule has 0 aliphatic carbocycles. The van der Waals surface area contributed by atoms with Crippen molar-refractivity contribution in [3.8, 4) is 11.5 Å². The Hall–Kier alpha value is -2.06. The number of thiophene rings is 1. The summed E-state index contributed by atoms with van der Waals surface area (Å²) < 4.78 is 11.4. The van der Waals surface area contributed by atoms with E-state index >= 15 is 0 Å². The van der Waals surface area contributed by atoms with Crippen LogP contribution in [0.4, 0.5) is 0 Å². The highest BCUT2D eigenvalue weighted by molar-refractivity contribution is 9.11. The highest BCUT2D eigenvalue weighted by Gasteiger charge is 2.10. The van der Waals surface area contributed by atoms with Gasteiger partial charge in [0.25, 0.3) is 11.8 Å². The number of ether oxygens (including phenoxy) is 2. The number of primary amides is 1. The number of hydrogen-bond donors (Lipinski definition) is 2. The van der Waals surface area contributed by atoms with E-state index in [1.165, 1.54) is 18.4 Å². The molecule has 0 spiro atoms. The first-order valence-corrected chi connectivity index (χ1v) is 8.27. The molecular weight excluding hydrogens is 384 g/mol. The number of benzene rings is 1. The molecule has 2 amide bonds. The van der Waals surface area contributed by atoms with Gasteiger partial charge in [-0.2, -0.15) is 0 Å². The van der Waals surface area contributed by atoms with Gasteiger partial charge in [0.2, 0.25) is 0 Å². The van der Waals surface area contributed by atoms with Gasteiger partial charge in [-0.25, -0.2) is 0 Å². The molecule has 0 unspecified atom stereocenters. The third-order valence-electron chi connectivity index (χ3n) is 2.88. The first kappa shape index (κ1) is 17.3. The summed E-state index contributed by atoms with van der Waals surface area (Å²) in [5.41, 5.74) is 6.50. The Morgan fingerprint density at radius 1 is 1.30 bits per heavy atom. The van der Waals surface area contributed by atoms with Crippen LogP contribution in [0.3, 0.4) is 0 Å². The van der Waals surface area contributed by atoms with Gasteiger partial charge >= 0.3 is 0 Å². The van der Waals surface area contributed by atoms with Crippen LogP contribution in [-0.4, -0.2) is 25.5 Å². The van der Waals surface area contributed by atoms with E-state index < -0.39 is 5.91 Å². The van der Waals surface area contributed by atoms with E-state index in [1.807, 2.05) is 0 Å². The van der Waals surface area contributed by atoms with Crippen LogP contribution in [0.15, 0.2) is 33.4 Å². The molecule has 1 aromatic heterocycles. The molecule has 0 saturated carbocycles. The lowest BCUT2D eigenvalue weighted by molar-refractivity contribution is -0.119.